The summed E-state index contributed by atoms with van der Waals surface area (Å²) in [5, 5.41) is 11.6. The van der Waals surface area contributed by atoms with Gasteiger partial charge in [-0.2, -0.15) is 0 Å². The number of nitrogens with one attached hydrogen (secondary N) is 1. The van der Waals surface area contributed by atoms with Crippen LogP contribution in [-0.4, -0.2) is 22.6 Å². The first kappa shape index (κ1) is 17.2. The molecule has 0 aliphatic rings. The van der Waals surface area contributed by atoms with Gasteiger partial charge in [-0.1, -0.05) is 38.5 Å². The number of nitrogens with zero attached hydrogens (tertiary/aromatic N) is 1. The van der Waals surface area contributed by atoms with Crippen LogP contribution in [0.1, 0.15) is 51.5 Å². The summed E-state index contributed by atoms with van der Waals surface area (Å²) in [5.74, 6) is 6.41. The van der Waals surface area contributed by atoms with E-state index in [0.29, 0.717) is 12.2 Å². The zero-order chi connectivity index (χ0) is 15.5. The topological polar surface area (TPSA) is 62.2 Å². The summed E-state index contributed by atoms with van der Waals surface area (Å²) >= 11 is 0. The third kappa shape index (κ3) is 6.42. The van der Waals surface area contributed by atoms with Gasteiger partial charge in [-0.15, -0.1) is 0 Å². The average molecular weight is 288 g/mol. The molecule has 1 aromatic rings. The molecular formula is C17H24N2O2. The summed E-state index contributed by atoms with van der Waals surface area (Å²) in [7, 11) is 0. The van der Waals surface area contributed by atoms with Crippen LogP contribution in [0.3, 0.4) is 0 Å². The first-order chi connectivity index (χ1) is 10.2. The second kappa shape index (κ2) is 9.95. The van der Waals surface area contributed by atoms with Crippen molar-refractivity contribution in [1.82, 2.24) is 4.98 Å². The number of carbonyl (C=O) groups excluding carboxylic acids is 1. The molecule has 0 saturated heterocycles. The largest absolute Gasteiger partial charge is 0.395 e. The van der Waals surface area contributed by atoms with Crippen LogP contribution in [-0.2, 0) is 4.79 Å². The molecule has 0 bridgehead atoms. The summed E-state index contributed by atoms with van der Waals surface area (Å²) in [6, 6.07) is 3.55. The molecule has 0 unspecified atom stereocenters. The van der Waals surface area contributed by atoms with Crippen LogP contribution in [0.15, 0.2) is 18.3 Å². The Hall–Kier alpha value is -1.86. The fraction of sp³-hybridized carbons (Fsp3) is 0.529. The monoisotopic (exact) mass is 288 g/mol. The van der Waals surface area contributed by atoms with Crippen molar-refractivity contribution in [3.63, 3.8) is 0 Å². The van der Waals surface area contributed by atoms with E-state index in [4.69, 9.17) is 5.11 Å². The molecule has 0 radical (unpaired) electrons. The van der Waals surface area contributed by atoms with E-state index in [1.54, 1.807) is 18.3 Å². The van der Waals surface area contributed by atoms with Crippen molar-refractivity contribution in [1.29, 1.82) is 0 Å². The molecule has 21 heavy (non-hydrogen) atoms. The summed E-state index contributed by atoms with van der Waals surface area (Å²) in [4.78, 5) is 16.4. The predicted octanol–water partition coefficient (Wildman–Crippen LogP) is 2.97. The molecule has 0 aliphatic carbocycles. The Balaban J connectivity index is 2.71. The number of anilines is 1. The Kier molecular flexibility index (Phi) is 8.15. The number of hydrogen-bond donors (Lipinski definition) is 2. The van der Waals surface area contributed by atoms with Crippen molar-refractivity contribution < 1.29 is 9.90 Å². The highest BCUT2D eigenvalue weighted by Gasteiger charge is 2.16. The van der Waals surface area contributed by atoms with Crippen LogP contribution in [0.5, 0.6) is 0 Å². The minimum atomic E-state index is 0.0340. The zero-order valence-electron chi connectivity index (χ0n) is 12.9. The van der Waals surface area contributed by atoms with Crippen molar-refractivity contribution in [2.45, 2.75) is 46.0 Å². The van der Waals surface area contributed by atoms with E-state index in [1.165, 1.54) is 0 Å². The number of aromatic nitrogens is 1. The van der Waals surface area contributed by atoms with Gasteiger partial charge in [0.05, 0.1) is 6.61 Å². The van der Waals surface area contributed by atoms with E-state index in [0.717, 1.165) is 31.2 Å². The highest BCUT2D eigenvalue weighted by Crippen LogP contribution is 2.16. The predicted molar refractivity (Wildman–Crippen MR) is 84.8 cm³/mol. The van der Waals surface area contributed by atoms with E-state index in [9.17, 15) is 4.79 Å². The van der Waals surface area contributed by atoms with Crippen molar-refractivity contribution in [2.24, 2.45) is 5.92 Å². The Labute approximate surface area is 127 Å². The molecule has 4 heteroatoms. The summed E-state index contributed by atoms with van der Waals surface area (Å²) < 4.78 is 0. The average Bonchev–Trinajstić information content (AvgIpc) is 2.48. The fourth-order valence-corrected chi connectivity index (χ4v) is 2.13. The smallest absolute Gasteiger partial charge is 0.228 e. The number of hydrogen-bond acceptors (Lipinski definition) is 3. The molecule has 1 amide bonds. The number of carbonyl (C=O) groups is 1. The van der Waals surface area contributed by atoms with Crippen molar-refractivity contribution in [3.05, 3.63) is 23.9 Å². The second-order valence-electron chi connectivity index (χ2n) is 4.97. The minimum Gasteiger partial charge on any atom is -0.395 e. The molecule has 0 spiro atoms. The van der Waals surface area contributed by atoms with E-state index in [2.05, 4.69) is 36.0 Å². The summed E-state index contributed by atoms with van der Waals surface area (Å²) in [5.41, 5.74) is 0.788. The van der Waals surface area contributed by atoms with E-state index < -0.39 is 0 Å². The van der Waals surface area contributed by atoms with Gasteiger partial charge >= 0.3 is 0 Å². The van der Waals surface area contributed by atoms with Gasteiger partial charge in [-0.3, -0.25) is 4.79 Å². The molecule has 4 nitrogen and oxygen atoms in total. The maximum atomic E-state index is 12.2. The summed E-state index contributed by atoms with van der Waals surface area (Å²) in [6.45, 7) is 4.23. The maximum Gasteiger partial charge on any atom is 0.228 e. The van der Waals surface area contributed by atoms with Gasteiger partial charge in [0.1, 0.15) is 5.82 Å². The van der Waals surface area contributed by atoms with Crippen LogP contribution in [0.25, 0.3) is 0 Å². The zero-order valence-corrected chi connectivity index (χ0v) is 12.9. The van der Waals surface area contributed by atoms with Gasteiger partial charge in [0, 0.05) is 24.1 Å². The number of rotatable bonds is 7. The molecule has 1 rings (SSSR count). The minimum absolute atomic E-state index is 0.0340. The lowest BCUT2D eigenvalue weighted by molar-refractivity contribution is -0.120. The maximum absolute atomic E-state index is 12.2. The van der Waals surface area contributed by atoms with Gasteiger partial charge in [0.25, 0.3) is 0 Å². The van der Waals surface area contributed by atoms with E-state index in [1.807, 2.05) is 0 Å². The molecule has 114 valence electrons. The van der Waals surface area contributed by atoms with E-state index >= 15 is 0 Å². The van der Waals surface area contributed by atoms with E-state index in [-0.39, 0.29) is 18.4 Å². The third-order valence-electron chi connectivity index (χ3n) is 3.13. The van der Waals surface area contributed by atoms with Crippen LogP contribution in [0, 0.1) is 17.8 Å². The second-order valence-corrected chi connectivity index (χ2v) is 4.97. The van der Waals surface area contributed by atoms with Gasteiger partial charge in [-0.25, -0.2) is 4.98 Å². The Bertz CT molecular complexity index is 497. The normalized spacial score (nSPS) is 10.1. The molecule has 0 atom stereocenters. The number of aliphatic hydroxyl groups is 1. The molecule has 0 aliphatic heterocycles. The fourth-order valence-electron chi connectivity index (χ4n) is 2.13. The van der Waals surface area contributed by atoms with Gasteiger partial charge < -0.3 is 10.4 Å². The van der Waals surface area contributed by atoms with Crippen molar-refractivity contribution >= 4 is 11.7 Å². The molecule has 1 aromatic heterocycles. The van der Waals surface area contributed by atoms with Gasteiger partial charge in [0.2, 0.25) is 5.91 Å². The standard InChI is InChI=1S/C17H24N2O2/c1-3-7-15(8-4-2)17(21)19-16-13-14(10-11-18-16)9-5-6-12-20/h10-11,13,15,20H,3-4,6-8,12H2,1-2H3,(H,18,19,21). The lowest BCUT2D eigenvalue weighted by Crippen LogP contribution is -2.23. The highest BCUT2D eigenvalue weighted by molar-refractivity contribution is 5.91. The van der Waals surface area contributed by atoms with Crippen LogP contribution in [0.4, 0.5) is 5.82 Å². The third-order valence-corrected chi connectivity index (χ3v) is 3.13. The first-order valence-electron chi connectivity index (χ1n) is 7.57. The Morgan fingerprint density at radius 2 is 2.10 bits per heavy atom. The van der Waals surface area contributed by atoms with Gasteiger partial charge in [0.15, 0.2) is 0 Å². The molecule has 1 heterocycles. The Morgan fingerprint density at radius 3 is 2.71 bits per heavy atom. The molecule has 0 saturated carbocycles. The lowest BCUT2D eigenvalue weighted by atomic mass is 9.97. The quantitative estimate of drug-likeness (QED) is 0.758. The molecule has 2 N–H and O–H groups in total. The number of aliphatic hydroxyl groups excluding tert-OH is 1. The lowest BCUT2D eigenvalue weighted by Gasteiger charge is -2.14. The van der Waals surface area contributed by atoms with Crippen LogP contribution >= 0.6 is 0 Å². The number of amides is 1. The molecule has 0 aromatic carbocycles. The first-order valence-corrected chi connectivity index (χ1v) is 7.57. The number of pyridine rings is 1. The van der Waals surface area contributed by atoms with Crippen LogP contribution in [0.2, 0.25) is 0 Å². The van der Waals surface area contributed by atoms with Gasteiger partial charge in [-0.05, 0) is 25.0 Å². The molecule has 0 fully saturated rings. The van der Waals surface area contributed by atoms with Crippen molar-refractivity contribution in [3.8, 4) is 11.8 Å². The summed E-state index contributed by atoms with van der Waals surface area (Å²) in [6.07, 6.45) is 5.87. The SMILES string of the molecule is CCCC(CCC)C(=O)Nc1cc(C#CCCO)ccn1. The highest BCUT2D eigenvalue weighted by atomic mass is 16.2. The van der Waals surface area contributed by atoms with Crippen molar-refractivity contribution in [2.75, 3.05) is 11.9 Å². The van der Waals surface area contributed by atoms with Crippen LogP contribution < -0.4 is 5.32 Å². The Morgan fingerprint density at radius 1 is 1.38 bits per heavy atom. The molecular weight excluding hydrogens is 264 g/mol.